The Bertz CT molecular complexity index is 1580. The molecule has 276 valence electrons. The number of fused-ring (bicyclic) bond motifs is 2. The van der Waals surface area contributed by atoms with Crippen LogP contribution in [0.2, 0.25) is 0 Å². The Balaban J connectivity index is 1.07. The number of nitrogens with zero attached hydrogens (tertiary/aromatic N) is 7. The first-order valence-electron chi connectivity index (χ1n) is 18.4. The largest absolute Gasteiger partial charge is 0.462 e. The van der Waals surface area contributed by atoms with E-state index in [-0.39, 0.29) is 18.2 Å². The average Bonchev–Trinajstić information content (AvgIpc) is 3.51. The van der Waals surface area contributed by atoms with Crippen molar-refractivity contribution in [2.45, 2.75) is 44.0 Å². The fourth-order valence-electron chi connectivity index (χ4n) is 7.28. The second kappa shape index (κ2) is 18.8. The molecule has 2 aromatic carbocycles. The number of hydrogen-bond acceptors (Lipinski definition) is 13. The molecule has 0 spiro atoms. The van der Waals surface area contributed by atoms with Crippen molar-refractivity contribution in [3.05, 3.63) is 53.7 Å². The highest BCUT2D eigenvalue weighted by Crippen LogP contribution is 2.35. The summed E-state index contributed by atoms with van der Waals surface area (Å²) in [6.45, 7) is 9.62. The molecule has 51 heavy (non-hydrogen) atoms. The van der Waals surface area contributed by atoms with Crippen molar-refractivity contribution in [3.8, 4) is 12.1 Å². The molecule has 0 radical (unpaired) electrons. The Morgan fingerprint density at radius 1 is 0.824 bits per heavy atom. The average molecular weight is 703 g/mol. The van der Waals surface area contributed by atoms with E-state index in [9.17, 15) is 5.26 Å². The van der Waals surface area contributed by atoms with Gasteiger partial charge in [-0.15, -0.1) is 0 Å². The van der Waals surface area contributed by atoms with Gasteiger partial charge in [0, 0.05) is 68.0 Å². The van der Waals surface area contributed by atoms with E-state index in [1.807, 2.05) is 0 Å². The van der Waals surface area contributed by atoms with Gasteiger partial charge in [-0.2, -0.15) is 15.2 Å². The summed E-state index contributed by atoms with van der Waals surface area (Å²) in [6, 6.07) is 18.2. The van der Waals surface area contributed by atoms with Crippen molar-refractivity contribution >= 4 is 22.3 Å². The maximum Gasteiger partial charge on any atom is 0.318 e. The molecular weight excluding hydrogens is 648 g/mol. The fraction of sp³-hybridized carbons (Fsp3) is 0.605. The number of ether oxygens (including phenoxy) is 5. The predicted molar refractivity (Wildman–Crippen MR) is 197 cm³/mol. The first-order valence-corrected chi connectivity index (χ1v) is 18.4. The summed E-state index contributed by atoms with van der Waals surface area (Å²) in [7, 11) is 4.22. The molecule has 13 nitrogen and oxygen atoms in total. The number of piperazine rings is 1. The van der Waals surface area contributed by atoms with Crippen molar-refractivity contribution in [2.24, 2.45) is 5.73 Å². The van der Waals surface area contributed by atoms with Gasteiger partial charge in [0.05, 0.1) is 77.1 Å². The lowest BCUT2D eigenvalue weighted by atomic mass is 10.0. The Hall–Kier alpha value is -3.61. The number of benzene rings is 2. The van der Waals surface area contributed by atoms with Crippen LogP contribution in [-0.2, 0) is 31.9 Å². The molecule has 0 saturated carbocycles. The molecule has 2 saturated heterocycles. The molecule has 1 aromatic heterocycles. The van der Waals surface area contributed by atoms with Gasteiger partial charge in [-0.3, -0.25) is 9.80 Å². The smallest absolute Gasteiger partial charge is 0.318 e. The molecule has 6 rings (SSSR count). The normalized spacial score (nSPS) is 21.3. The van der Waals surface area contributed by atoms with Crippen LogP contribution in [0.4, 0.5) is 11.5 Å². The molecule has 0 amide bonds. The maximum atomic E-state index is 9.51. The van der Waals surface area contributed by atoms with E-state index >= 15 is 0 Å². The number of hydrogen-bond donors (Lipinski definition) is 1. The monoisotopic (exact) mass is 702 g/mol. The molecule has 2 N–H and O–H groups in total. The van der Waals surface area contributed by atoms with Gasteiger partial charge >= 0.3 is 6.01 Å². The van der Waals surface area contributed by atoms with Crippen LogP contribution in [0.25, 0.3) is 10.8 Å². The van der Waals surface area contributed by atoms with Gasteiger partial charge in [-0.1, -0.05) is 36.4 Å². The maximum absolute atomic E-state index is 9.51. The number of anilines is 2. The summed E-state index contributed by atoms with van der Waals surface area (Å²) in [4.78, 5) is 19.5. The second-order valence-corrected chi connectivity index (χ2v) is 13.6. The molecule has 4 heterocycles. The Labute approximate surface area is 302 Å². The lowest BCUT2D eigenvalue weighted by Crippen LogP contribution is -2.52. The van der Waals surface area contributed by atoms with Gasteiger partial charge in [-0.05, 0) is 38.4 Å². The van der Waals surface area contributed by atoms with Gasteiger partial charge in [0.25, 0.3) is 0 Å². The number of nitriles is 1. The van der Waals surface area contributed by atoms with Gasteiger partial charge < -0.3 is 39.2 Å². The highest BCUT2D eigenvalue weighted by atomic mass is 16.6. The first kappa shape index (κ1) is 37.2. The van der Waals surface area contributed by atoms with E-state index in [0.717, 1.165) is 57.1 Å². The minimum atomic E-state index is 0.111. The molecular formula is C38H54N8O5. The van der Waals surface area contributed by atoms with E-state index in [2.05, 4.69) is 82.2 Å². The zero-order valence-electron chi connectivity index (χ0n) is 30.3. The number of rotatable bonds is 18. The van der Waals surface area contributed by atoms with Gasteiger partial charge in [0.15, 0.2) is 0 Å². The lowest BCUT2D eigenvalue weighted by Gasteiger charge is -2.41. The van der Waals surface area contributed by atoms with Crippen molar-refractivity contribution in [3.63, 3.8) is 0 Å². The Kier molecular flexibility index (Phi) is 13.7. The minimum absolute atomic E-state index is 0.111. The van der Waals surface area contributed by atoms with Crippen LogP contribution >= 0.6 is 0 Å². The van der Waals surface area contributed by atoms with Crippen LogP contribution in [0, 0.1) is 11.3 Å². The van der Waals surface area contributed by atoms with Gasteiger partial charge in [0.1, 0.15) is 12.4 Å². The topological polar surface area (TPSA) is 135 Å². The van der Waals surface area contributed by atoms with Crippen molar-refractivity contribution < 1.29 is 23.7 Å². The highest BCUT2D eigenvalue weighted by molar-refractivity contribution is 5.94. The third-order valence-corrected chi connectivity index (χ3v) is 10.2. The molecule has 13 heteroatoms. The second-order valence-electron chi connectivity index (χ2n) is 13.6. The van der Waals surface area contributed by atoms with Crippen molar-refractivity contribution in [1.82, 2.24) is 19.8 Å². The van der Waals surface area contributed by atoms with E-state index < -0.39 is 0 Å². The van der Waals surface area contributed by atoms with Crippen LogP contribution in [0.1, 0.15) is 24.1 Å². The Morgan fingerprint density at radius 2 is 1.59 bits per heavy atom. The van der Waals surface area contributed by atoms with E-state index in [4.69, 9.17) is 39.4 Å². The standard InChI is InChI=1S/C38H54N8O5/c1-43-15-16-46(25-30(43)10-12-39)37-34-11-14-45(36-9-5-7-29-6-3-4-8-33(29)36)27-35(34)41-38(42-37)51-28-31-24-32(26-44(31)2)50-23-22-49-21-20-48-19-18-47-17-13-40/h3-9,30-32H,10-11,13-28,40H2,1-2H3/t30-,31-,32+/m0/s1. The summed E-state index contributed by atoms with van der Waals surface area (Å²) in [6.07, 6.45) is 2.31. The van der Waals surface area contributed by atoms with Gasteiger partial charge in [0.2, 0.25) is 0 Å². The predicted octanol–water partition coefficient (Wildman–Crippen LogP) is 2.70. The number of nitrogens with two attached hydrogens (primary N) is 1. The number of aromatic nitrogens is 2. The van der Waals surface area contributed by atoms with Crippen LogP contribution < -0.4 is 20.3 Å². The quantitative estimate of drug-likeness (QED) is 0.195. The summed E-state index contributed by atoms with van der Waals surface area (Å²) < 4.78 is 29.1. The van der Waals surface area contributed by atoms with Crippen LogP contribution in [0.5, 0.6) is 6.01 Å². The zero-order chi connectivity index (χ0) is 35.4. The summed E-state index contributed by atoms with van der Waals surface area (Å²) in [5.74, 6) is 0.954. The van der Waals surface area contributed by atoms with Crippen molar-refractivity contribution in [1.29, 1.82) is 5.26 Å². The first-order chi connectivity index (χ1) is 25.0. The van der Waals surface area contributed by atoms with Crippen LogP contribution in [-0.4, -0.2) is 144 Å². The summed E-state index contributed by atoms with van der Waals surface area (Å²) in [5.41, 5.74) is 8.83. The summed E-state index contributed by atoms with van der Waals surface area (Å²) in [5, 5.41) is 12.0. The van der Waals surface area contributed by atoms with E-state index in [1.165, 1.54) is 22.0 Å². The third-order valence-electron chi connectivity index (χ3n) is 10.2. The minimum Gasteiger partial charge on any atom is -0.462 e. The Morgan fingerprint density at radius 3 is 2.39 bits per heavy atom. The zero-order valence-corrected chi connectivity index (χ0v) is 30.3. The molecule has 0 unspecified atom stereocenters. The van der Waals surface area contributed by atoms with Crippen LogP contribution in [0.3, 0.4) is 0 Å². The third kappa shape index (κ3) is 9.84. The molecule has 3 aromatic rings. The molecule has 0 bridgehead atoms. The van der Waals surface area contributed by atoms with E-state index in [1.54, 1.807) is 0 Å². The molecule has 3 atom stereocenters. The molecule has 3 aliphatic rings. The van der Waals surface area contributed by atoms with Crippen LogP contribution in [0.15, 0.2) is 42.5 Å². The number of likely N-dealkylation sites (tertiary alicyclic amines) is 1. The highest BCUT2D eigenvalue weighted by Gasteiger charge is 2.33. The number of likely N-dealkylation sites (N-methyl/N-ethyl adjacent to an activating group) is 2. The fourth-order valence-corrected chi connectivity index (χ4v) is 7.28. The molecule has 0 aliphatic carbocycles. The summed E-state index contributed by atoms with van der Waals surface area (Å²) >= 11 is 0. The molecule has 3 aliphatic heterocycles. The SMILES string of the molecule is CN1CCN(c2nc(OC[C@@H]3C[C@@H](OCCOCCOCCOCCN)CN3C)nc3c2CCN(c2cccc4ccccc24)C3)C[C@@H]1CC#N. The van der Waals surface area contributed by atoms with Gasteiger partial charge in [-0.25, -0.2) is 0 Å². The lowest BCUT2D eigenvalue weighted by molar-refractivity contribution is -0.0157. The van der Waals surface area contributed by atoms with Crippen molar-refractivity contribution in [2.75, 3.05) is 116 Å². The van der Waals surface area contributed by atoms with E-state index in [0.29, 0.717) is 78.4 Å². The molecule has 2 fully saturated rings.